The van der Waals surface area contributed by atoms with Gasteiger partial charge in [-0.3, -0.25) is 14.9 Å². The molecular formula is C20H19FN4O4. The van der Waals surface area contributed by atoms with Crippen LogP contribution in [0.4, 0.5) is 10.1 Å². The fourth-order valence-corrected chi connectivity index (χ4v) is 2.67. The number of rotatable bonds is 7. The van der Waals surface area contributed by atoms with Gasteiger partial charge >= 0.3 is 0 Å². The lowest BCUT2D eigenvalue weighted by Gasteiger charge is -2.10. The van der Waals surface area contributed by atoms with Crippen molar-refractivity contribution in [1.29, 1.82) is 0 Å². The van der Waals surface area contributed by atoms with Crippen molar-refractivity contribution in [2.75, 3.05) is 6.54 Å². The van der Waals surface area contributed by atoms with E-state index in [1.807, 2.05) is 13.0 Å². The molecule has 0 aliphatic rings. The number of halogens is 1. The number of nitro benzene ring substituents is 1. The third-order valence-electron chi connectivity index (χ3n) is 4.15. The van der Waals surface area contributed by atoms with Crippen molar-refractivity contribution in [3.63, 3.8) is 0 Å². The van der Waals surface area contributed by atoms with Crippen LogP contribution >= 0.6 is 0 Å². The van der Waals surface area contributed by atoms with Crippen molar-refractivity contribution in [3.05, 3.63) is 75.7 Å². The standard InChI is InChI=1S/C20H19FN4O4/c1-3-11-22-19(26)18-13(2)20(24(23-18)14-7-5-4-6-8-14)29-17-10-9-15(25(27)28)12-16(17)21/h4-10,12H,3,11H2,1-2H3,(H,22,26). The summed E-state index contributed by atoms with van der Waals surface area (Å²) in [6, 6.07) is 12.0. The Morgan fingerprint density at radius 2 is 2.00 bits per heavy atom. The number of nitrogens with one attached hydrogen (secondary N) is 1. The van der Waals surface area contributed by atoms with E-state index in [1.54, 1.807) is 31.2 Å². The van der Waals surface area contributed by atoms with E-state index in [1.165, 1.54) is 10.7 Å². The summed E-state index contributed by atoms with van der Waals surface area (Å²) in [6.45, 7) is 4.07. The number of nitro groups is 1. The molecule has 0 aliphatic heterocycles. The predicted molar refractivity (Wildman–Crippen MR) is 104 cm³/mol. The Hall–Kier alpha value is -3.75. The molecule has 0 unspecified atom stereocenters. The van der Waals surface area contributed by atoms with E-state index >= 15 is 0 Å². The Bertz CT molecular complexity index is 1050. The molecule has 0 saturated carbocycles. The van der Waals surface area contributed by atoms with Crippen LogP contribution in [0.2, 0.25) is 0 Å². The first kappa shape index (κ1) is 20.0. The highest BCUT2D eigenvalue weighted by molar-refractivity contribution is 5.94. The van der Waals surface area contributed by atoms with E-state index in [0.717, 1.165) is 18.6 Å². The lowest BCUT2D eigenvalue weighted by Crippen LogP contribution is -2.25. The summed E-state index contributed by atoms with van der Waals surface area (Å²) in [4.78, 5) is 22.6. The molecule has 29 heavy (non-hydrogen) atoms. The second-order valence-electron chi connectivity index (χ2n) is 6.26. The molecule has 1 heterocycles. The molecule has 0 spiro atoms. The lowest BCUT2D eigenvalue weighted by molar-refractivity contribution is -0.385. The molecule has 1 N–H and O–H groups in total. The van der Waals surface area contributed by atoms with Crippen molar-refractivity contribution in [2.45, 2.75) is 20.3 Å². The number of hydrogen-bond acceptors (Lipinski definition) is 5. The van der Waals surface area contributed by atoms with E-state index in [4.69, 9.17) is 4.74 Å². The first-order valence-electron chi connectivity index (χ1n) is 8.97. The Labute approximate surface area is 166 Å². The topological polar surface area (TPSA) is 99.3 Å². The van der Waals surface area contributed by atoms with Crippen LogP contribution in [0.25, 0.3) is 5.69 Å². The molecule has 9 heteroatoms. The Balaban J connectivity index is 2.06. The average molecular weight is 398 g/mol. The number of carbonyl (C=O) groups excluding carboxylic acids is 1. The molecule has 0 bridgehead atoms. The van der Waals surface area contributed by atoms with E-state index in [9.17, 15) is 19.3 Å². The highest BCUT2D eigenvalue weighted by Crippen LogP contribution is 2.32. The van der Waals surface area contributed by atoms with Crippen LogP contribution < -0.4 is 10.1 Å². The fourth-order valence-electron chi connectivity index (χ4n) is 2.67. The summed E-state index contributed by atoms with van der Waals surface area (Å²) in [7, 11) is 0. The van der Waals surface area contributed by atoms with E-state index < -0.39 is 10.7 Å². The normalized spacial score (nSPS) is 10.6. The SMILES string of the molecule is CCCNC(=O)c1nn(-c2ccccc2)c(Oc2ccc([N+](=O)[O-])cc2F)c1C. The monoisotopic (exact) mass is 398 g/mol. The number of hydrogen-bond donors (Lipinski definition) is 1. The molecule has 1 amide bonds. The number of nitrogens with zero attached hydrogens (tertiary/aromatic N) is 3. The summed E-state index contributed by atoms with van der Waals surface area (Å²) in [5, 5.41) is 17.9. The second kappa shape index (κ2) is 8.51. The molecule has 1 aromatic heterocycles. The van der Waals surface area contributed by atoms with Gasteiger partial charge in [-0.15, -0.1) is 0 Å². The van der Waals surface area contributed by atoms with Gasteiger partial charge in [0.1, 0.15) is 0 Å². The van der Waals surface area contributed by atoms with Gasteiger partial charge in [0.05, 0.1) is 16.7 Å². The zero-order valence-corrected chi connectivity index (χ0v) is 15.9. The first-order chi connectivity index (χ1) is 13.9. The van der Waals surface area contributed by atoms with E-state index in [0.29, 0.717) is 17.8 Å². The Kier molecular flexibility index (Phi) is 5.87. The van der Waals surface area contributed by atoms with Crippen molar-refractivity contribution in [3.8, 4) is 17.3 Å². The largest absolute Gasteiger partial charge is 0.436 e. The minimum absolute atomic E-state index is 0.144. The summed E-state index contributed by atoms with van der Waals surface area (Å²) in [5.41, 5.74) is 0.796. The first-order valence-corrected chi connectivity index (χ1v) is 8.97. The molecule has 0 atom stereocenters. The molecule has 2 aromatic carbocycles. The van der Waals surface area contributed by atoms with Gasteiger partial charge in [0.2, 0.25) is 5.88 Å². The number of ether oxygens (including phenoxy) is 1. The van der Waals surface area contributed by atoms with Gasteiger partial charge in [0.15, 0.2) is 17.3 Å². The lowest BCUT2D eigenvalue weighted by atomic mass is 10.2. The maximum absolute atomic E-state index is 14.4. The minimum Gasteiger partial charge on any atom is -0.436 e. The highest BCUT2D eigenvalue weighted by atomic mass is 19.1. The number of amides is 1. The molecule has 3 rings (SSSR count). The third kappa shape index (κ3) is 4.23. The van der Waals surface area contributed by atoms with E-state index in [2.05, 4.69) is 10.4 Å². The summed E-state index contributed by atoms with van der Waals surface area (Å²) in [6.07, 6.45) is 0.765. The van der Waals surface area contributed by atoms with Gasteiger partial charge in [0, 0.05) is 18.2 Å². The van der Waals surface area contributed by atoms with Gasteiger partial charge in [0.25, 0.3) is 11.6 Å². The number of aromatic nitrogens is 2. The molecule has 0 fully saturated rings. The number of para-hydroxylation sites is 1. The number of benzene rings is 2. The van der Waals surface area contributed by atoms with Gasteiger partial charge in [-0.05, 0) is 31.5 Å². The second-order valence-corrected chi connectivity index (χ2v) is 6.26. The summed E-state index contributed by atoms with van der Waals surface area (Å²) in [5.74, 6) is -1.33. The number of carbonyl (C=O) groups is 1. The van der Waals surface area contributed by atoms with Crippen LogP contribution in [0, 0.1) is 22.9 Å². The molecule has 0 radical (unpaired) electrons. The quantitative estimate of drug-likeness (QED) is 0.476. The van der Waals surface area contributed by atoms with Crippen molar-refractivity contribution in [2.24, 2.45) is 0 Å². The van der Waals surface area contributed by atoms with Crippen molar-refractivity contribution < 1.29 is 18.8 Å². The maximum Gasteiger partial charge on any atom is 0.272 e. The van der Waals surface area contributed by atoms with E-state index in [-0.39, 0.29) is 28.9 Å². The minimum atomic E-state index is -0.892. The van der Waals surface area contributed by atoms with Gasteiger partial charge in [-0.1, -0.05) is 25.1 Å². The molecule has 0 saturated heterocycles. The van der Waals surface area contributed by atoms with Crippen molar-refractivity contribution in [1.82, 2.24) is 15.1 Å². The van der Waals surface area contributed by atoms with Crippen molar-refractivity contribution >= 4 is 11.6 Å². The zero-order chi connectivity index (χ0) is 21.0. The fraction of sp³-hybridized carbons (Fsp3) is 0.200. The third-order valence-corrected chi connectivity index (χ3v) is 4.15. The smallest absolute Gasteiger partial charge is 0.272 e. The molecule has 3 aromatic rings. The van der Waals surface area contributed by atoms with Gasteiger partial charge in [-0.25, -0.2) is 4.39 Å². The van der Waals surface area contributed by atoms with Crippen LogP contribution in [-0.4, -0.2) is 27.2 Å². The van der Waals surface area contributed by atoms with Crippen LogP contribution in [-0.2, 0) is 0 Å². The summed E-state index contributed by atoms with van der Waals surface area (Å²) < 4.78 is 21.5. The number of non-ortho nitro benzene ring substituents is 1. The molecular weight excluding hydrogens is 379 g/mol. The average Bonchev–Trinajstić information content (AvgIpc) is 3.04. The highest BCUT2D eigenvalue weighted by Gasteiger charge is 2.24. The zero-order valence-electron chi connectivity index (χ0n) is 15.9. The van der Waals surface area contributed by atoms with Crippen LogP contribution in [0.3, 0.4) is 0 Å². The van der Waals surface area contributed by atoms with Crippen LogP contribution in [0.15, 0.2) is 48.5 Å². The molecule has 150 valence electrons. The van der Waals surface area contributed by atoms with Crippen LogP contribution in [0.5, 0.6) is 11.6 Å². The molecule has 0 aliphatic carbocycles. The maximum atomic E-state index is 14.4. The Morgan fingerprint density at radius 1 is 1.28 bits per heavy atom. The van der Waals surface area contributed by atoms with Gasteiger partial charge in [-0.2, -0.15) is 9.78 Å². The van der Waals surface area contributed by atoms with Crippen LogP contribution in [0.1, 0.15) is 29.4 Å². The molecule has 8 nitrogen and oxygen atoms in total. The Morgan fingerprint density at radius 3 is 2.62 bits per heavy atom. The predicted octanol–water partition coefficient (Wildman–Crippen LogP) is 4.16. The summed E-state index contributed by atoms with van der Waals surface area (Å²) >= 11 is 0. The van der Waals surface area contributed by atoms with Gasteiger partial charge < -0.3 is 10.1 Å².